The lowest BCUT2D eigenvalue weighted by Gasteiger charge is -2.35. The van der Waals surface area contributed by atoms with Crippen molar-refractivity contribution in [2.75, 3.05) is 25.5 Å². The van der Waals surface area contributed by atoms with E-state index in [2.05, 4.69) is 5.32 Å². The maximum Gasteiger partial charge on any atom is 0.295 e. The van der Waals surface area contributed by atoms with Crippen LogP contribution in [0.25, 0.3) is 0 Å². The second kappa shape index (κ2) is 8.54. The van der Waals surface area contributed by atoms with Gasteiger partial charge in [0.1, 0.15) is 5.69 Å². The van der Waals surface area contributed by atoms with Crippen molar-refractivity contribution in [1.29, 1.82) is 0 Å². The van der Waals surface area contributed by atoms with Gasteiger partial charge >= 0.3 is 0 Å². The predicted octanol–water partition coefficient (Wildman–Crippen LogP) is 3.73. The largest absolute Gasteiger partial charge is 0.494 e. The number of halogens is 1. The second-order valence-corrected chi connectivity index (χ2v) is 7.34. The number of anilines is 1. The third kappa shape index (κ3) is 4.48. The Morgan fingerprint density at radius 2 is 1.89 bits per heavy atom. The third-order valence-electron chi connectivity index (χ3n) is 5.59. The van der Waals surface area contributed by atoms with Gasteiger partial charge in [0, 0.05) is 31.1 Å². The Kier molecular flexibility index (Phi) is 6.13. The number of nitro groups is 1. The molecule has 1 saturated carbocycles. The molecule has 0 radical (unpaired) electrons. The molecule has 2 aliphatic rings. The van der Waals surface area contributed by atoms with E-state index < -0.39 is 10.7 Å². The molecule has 27 heavy (non-hydrogen) atoms. The van der Waals surface area contributed by atoms with Crippen molar-refractivity contribution >= 4 is 17.3 Å². The summed E-state index contributed by atoms with van der Waals surface area (Å²) in [6.45, 7) is 1.28. The maximum atomic E-state index is 13.8. The lowest BCUT2D eigenvalue weighted by atomic mass is 9.87. The molecule has 0 spiro atoms. The zero-order valence-electron chi connectivity index (χ0n) is 15.6. The van der Waals surface area contributed by atoms with E-state index in [1.165, 1.54) is 19.6 Å². The average Bonchev–Trinajstić information content (AvgIpc) is 2.69. The van der Waals surface area contributed by atoms with Crippen LogP contribution in [-0.4, -0.2) is 42.0 Å². The Hall–Kier alpha value is -2.38. The number of carbonyl (C=O) groups excluding carboxylic acids is 1. The van der Waals surface area contributed by atoms with Crippen LogP contribution in [0.15, 0.2) is 12.1 Å². The predicted molar refractivity (Wildman–Crippen MR) is 99.4 cm³/mol. The summed E-state index contributed by atoms with van der Waals surface area (Å²) >= 11 is 0. The van der Waals surface area contributed by atoms with Crippen molar-refractivity contribution in [3.05, 3.63) is 28.1 Å². The number of benzene rings is 1. The van der Waals surface area contributed by atoms with Crippen molar-refractivity contribution in [1.82, 2.24) is 4.90 Å². The van der Waals surface area contributed by atoms with Gasteiger partial charge in [-0.3, -0.25) is 14.9 Å². The van der Waals surface area contributed by atoms with E-state index in [1.54, 1.807) is 0 Å². The van der Waals surface area contributed by atoms with E-state index in [9.17, 15) is 19.3 Å². The van der Waals surface area contributed by atoms with E-state index >= 15 is 0 Å². The number of carbonyl (C=O) groups is 1. The Morgan fingerprint density at radius 1 is 1.22 bits per heavy atom. The number of piperidine rings is 1. The number of hydrogen-bond acceptors (Lipinski definition) is 5. The van der Waals surface area contributed by atoms with Crippen molar-refractivity contribution < 1.29 is 18.8 Å². The van der Waals surface area contributed by atoms with Crippen molar-refractivity contribution in [2.24, 2.45) is 5.92 Å². The highest BCUT2D eigenvalue weighted by molar-refractivity contribution is 5.79. The fraction of sp³-hybridized carbons (Fsp3) is 0.632. The smallest absolute Gasteiger partial charge is 0.295 e. The first-order chi connectivity index (χ1) is 13.0. The number of likely N-dealkylation sites (tertiary alicyclic amines) is 1. The number of rotatable bonds is 5. The molecule has 1 aromatic carbocycles. The zero-order chi connectivity index (χ0) is 19.4. The molecule has 7 nitrogen and oxygen atoms in total. The SMILES string of the molecule is COc1cc(NC2CCN(C(=O)C3CCCCC3)CC2)c([N+](=O)[O-])cc1F. The number of amides is 1. The summed E-state index contributed by atoms with van der Waals surface area (Å²) in [5.41, 5.74) is -0.0654. The molecular weight excluding hydrogens is 353 g/mol. The topological polar surface area (TPSA) is 84.7 Å². The Bertz CT molecular complexity index is 698. The standard InChI is InChI=1S/C19H26FN3O4/c1-27-18-12-16(17(23(25)26)11-15(18)20)21-14-7-9-22(10-8-14)19(24)13-5-3-2-4-6-13/h11-14,21H,2-10H2,1H3. The summed E-state index contributed by atoms with van der Waals surface area (Å²) in [6.07, 6.45) is 6.85. The highest BCUT2D eigenvalue weighted by Crippen LogP contribution is 2.33. The molecule has 0 atom stereocenters. The molecule has 8 heteroatoms. The molecule has 0 aromatic heterocycles. The van der Waals surface area contributed by atoms with E-state index in [0.717, 1.165) is 31.7 Å². The fourth-order valence-electron chi connectivity index (χ4n) is 4.04. The summed E-state index contributed by atoms with van der Waals surface area (Å²) in [4.78, 5) is 25.2. The molecule has 1 N–H and O–H groups in total. The Balaban J connectivity index is 1.62. The van der Waals surface area contributed by atoms with Gasteiger partial charge in [0.05, 0.1) is 18.1 Å². The number of ether oxygens (including phenoxy) is 1. The second-order valence-electron chi connectivity index (χ2n) is 7.34. The summed E-state index contributed by atoms with van der Waals surface area (Å²) in [7, 11) is 1.32. The van der Waals surface area contributed by atoms with Crippen LogP contribution in [0.4, 0.5) is 15.8 Å². The molecule has 0 unspecified atom stereocenters. The summed E-state index contributed by atoms with van der Waals surface area (Å²) in [6, 6.07) is 2.20. The Morgan fingerprint density at radius 3 is 2.48 bits per heavy atom. The third-order valence-corrected chi connectivity index (χ3v) is 5.59. The van der Waals surface area contributed by atoms with E-state index in [4.69, 9.17) is 4.74 Å². The molecule has 1 aliphatic heterocycles. The number of methoxy groups -OCH3 is 1. The van der Waals surface area contributed by atoms with Gasteiger partial charge < -0.3 is 15.0 Å². The van der Waals surface area contributed by atoms with Crippen LogP contribution >= 0.6 is 0 Å². The lowest BCUT2D eigenvalue weighted by Crippen LogP contribution is -2.45. The monoisotopic (exact) mass is 379 g/mol. The number of nitrogens with zero attached hydrogens (tertiary/aromatic N) is 2. The molecule has 3 rings (SSSR count). The molecule has 1 heterocycles. The zero-order valence-corrected chi connectivity index (χ0v) is 15.6. The van der Waals surface area contributed by atoms with Crippen molar-refractivity contribution in [3.8, 4) is 5.75 Å². The van der Waals surface area contributed by atoms with Gasteiger partial charge in [-0.2, -0.15) is 0 Å². The van der Waals surface area contributed by atoms with Gasteiger partial charge in [-0.15, -0.1) is 0 Å². The average molecular weight is 379 g/mol. The van der Waals surface area contributed by atoms with Crippen LogP contribution in [0.5, 0.6) is 5.75 Å². The minimum Gasteiger partial charge on any atom is -0.494 e. The van der Waals surface area contributed by atoms with Gasteiger partial charge in [0.2, 0.25) is 5.91 Å². The van der Waals surface area contributed by atoms with Gasteiger partial charge in [0.15, 0.2) is 11.6 Å². The Labute approximate surface area is 158 Å². The van der Waals surface area contributed by atoms with Crippen LogP contribution in [0.2, 0.25) is 0 Å². The van der Waals surface area contributed by atoms with E-state index in [0.29, 0.717) is 25.9 Å². The molecule has 1 aliphatic carbocycles. The minimum atomic E-state index is -0.761. The van der Waals surface area contributed by atoms with Crippen LogP contribution in [0, 0.1) is 21.8 Å². The summed E-state index contributed by atoms with van der Waals surface area (Å²) in [5, 5.41) is 14.4. The number of nitrogens with one attached hydrogen (secondary N) is 1. The van der Waals surface area contributed by atoms with Gasteiger partial charge in [0.25, 0.3) is 5.69 Å². The normalized spacial score (nSPS) is 19.0. The minimum absolute atomic E-state index is 0.00530. The van der Waals surface area contributed by atoms with Crippen LogP contribution < -0.4 is 10.1 Å². The van der Waals surface area contributed by atoms with Crippen molar-refractivity contribution in [3.63, 3.8) is 0 Å². The first-order valence-electron chi connectivity index (χ1n) is 9.57. The highest BCUT2D eigenvalue weighted by Gasteiger charge is 2.30. The quantitative estimate of drug-likeness (QED) is 0.622. The fourth-order valence-corrected chi connectivity index (χ4v) is 4.04. The van der Waals surface area contributed by atoms with Gasteiger partial charge in [-0.1, -0.05) is 19.3 Å². The van der Waals surface area contributed by atoms with Crippen molar-refractivity contribution in [2.45, 2.75) is 51.0 Å². The number of hydrogen-bond donors (Lipinski definition) is 1. The molecule has 2 fully saturated rings. The van der Waals surface area contributed by atoms with Crippen LogP contribution in [-0.2, 0) is 4.79 Å². The van der Waals surface area contributed by atoms with E-state index in [1.807, 2.05) is 4.90 Å². The lowest BCUT2D eigenvalue weighted by molar-refractivity contribution is -0.384. The first-order valence-corrected chi connectivity index (χ1v) is 9.57. The molecule has 1 aromatic rings. The van der Waals surface area contributed by atoms with Gasteiger partial charge in [-0.25, -0.2) is 4.39 Å². The first kappa shape index (κ1) is 19.4. The molecule has 1 amide bonds. The van der Waals surface area contributed by atoms with Crippen LogP contribution in [0.1, 0.15) is 44.9 Å². The summed E-state index contributed by atoms with van der Waals surface area (Å²) in [5.74, 6) is -0.385. The van der Waals surface area contributed by atoms with Crippen LogP contribution in [0.3, 0.4) is 0 Å². The molecule has 0 bridgehead atoms. The molecule has 1 saturated heterocycles. The molecule has 148 valence electrons. The molecular formula is C19H26FN3O4. The summed E-state index contributed by atoms with van der Waals surface area (Å²) < 4.78 is 18.7. The van der Waals surface area contributed by atoms with Gasteiger partial charge in [-0.05, 0) is 25.7 Å². The number of nitro benzene ring substituents is 1. The highest BCUT2D eigenvalue weighted by atomic mass is 19.1. The maximum absolute atomic E-state index is 13.8. The van der Waals surface area contributed by atoms with E-state index in [-0.39, 0.29) is 35.0 Å².